The number of aliphatic hydroxyl groups is 1. The van der Waals surface area contributed by atoms with Gasteiger partial charge in [0.25, 0.3) is 0 Å². The molecule has 0 aliphatic carbocycles. The fraction of sp³-hybridized carbons (Fsp3) is 0.250. The van der Waals surface area contributed by atoms with E-state index >= 15 is 0 Å². The summed E-state index contributed by atoms with van der Waals surface area (Å²) in [4.78, 5) is 0. The topological polar surface area (TPSA) is 20.2 Å². The summed E-state index contributed by atoms with van der Waals surface area (Å²) in [7, 11) is 0. The van der Waals surface area contributed by atoms with Gasteiger partial charge in [-0.25, -0.2) is 0 Å². The number of aliphatic hydroxyl groups excluding tert-OH is 1. The largest absolute Gasteiger partial charge is 0.392 e. The number of aryl methyl sites for hydroxylation is 1. The van der Waals surface area contributed by atoms with E-state index in [0.29, 0.717) is 5.02 Å². The van der Waals surface area contributed by atoms with E-state index in [-0.39, 0.29) is 6.61 Å². The van der Waals surface area contributed by atoms with Gasteiger partial charge in [-0.1, -0.05) is 11.6 Å². The van der Waals surface area contributed by atoms with Crippen LogP contribution in [-0.4, -0.2) is 5.11 Å². The Morgan fingerprint density at radius 2 is 2.18 bits per heavy atom. The molecule has 0 aliphatic heterocycles. The second kappa shape index (κ2) is 3.74. The Hall–Kier alpha value is 0.200. The van der Waals surface area contributed by atoms with Gasteiger partial charge in [-0.2, -0.15) is 0 Å². The molecule has 11 heavy (non-hydrogen) atoms. The highest BCUT2D eigenvalue weighted by Gasteiger charge is 2.01. The predicted octanol–water partition coefficient (Wildman–Crippen LogP) is 2.75. The minimum atomic E-state index is 0.0580. The number of hydrogen-bond acceptors (Lipinski definition) is 1. The summed E-state index contributed by atoms with van der Waals surface area (Å²) in [6.45, 7) is 2.02. The second-order valence-corrected chi connectivity index (χ2v) is 3.92. The van der Waals surface area contributed by atoms with Crippen LogP contribution in [0.15, 0.2) is 12.1 Å². The molecule has 1 aromatic rings. The monoisotopic (exact) mass is 282 g/mol. The van der Waals surface area contributed by atoms with Crippen molar-refractivity contribution < 1.29 is 5.11 Å². The van der Waals surface area contributed by atoms with E-state index < -0.39 is 0 Å². The first-order chi connectivity index (χ1) is 5.15. The molecular weight excluding hydrogens is 274 g/mol. The second-order valence-electron chi connectivity index (χ2n) is 2.35. The molecule has 0 saturated carbocycles. The van der Waals surface area contributed by atoms with Gasteiger partial charge >= 0.3 is 0 Å². The zero-order valence-electron chi connectivity index (χ0n) is 6.06. The molecule has 0 aliphatic rings. The van der Waals surface area contributed by atoms with Gasteiger partial charge in [-0.15, -0.1) is 0 Å². The third kappa shape index (κ3) is 2.07. The third-order valence-electron chi connectivity index (χ3n) is 1.55. The van der Waals surface area contributed by atoms with Gasteiger partial charge in [0.1, 0.15) is 0 Å². The van der Waals surface area contributed by atoms with Crippen molar-refractivity contribution in [1.82, 2.24) is 0 Å². The van der Waals surface area contributed by atoms with E-state index in [2.05, 4.69) is 22.6 Å². The van der Waals surface area contributed by atoms with Crippen LogP contribution in [0.2, 0.25) is 5.02 Å². The normalized spacial score (nSPS) is 10.2. The molecule has 0 spiro atoms. The van der Waals surface area contributed by atoms with Gasteiger partial charge in [-0.05, 0) is 52.8 Å². The van der Waals surface area contributed by atoms with Crippen molar-refractivity contribution in [3.8, 4) is 0 Å². The minimum Gasteiger partial charge on any atom is -0.392 e. The zero-order chi connectivity index (χ0) is 8.43. The van der Waals surface area contributed by atoms with Crippen LogP contribution >= 0.6 is 34.2 Å². The fourth-order valence-electron chi connectivity index (χ4n) is 0.858. The number of benzene rings is 1. The van der Waals surface area contributed by atoms with Crippen molar-refractivity contribution in [2.45, 2.75) is 13.5 Å². The Labute approximate surface area is 84.5 Å². The van der Waals surface area contributed by atoms with Crippen LogP contribution in [0.5, 0.6) is 0 Å². The standard InChI is InChI=1S/C8H8ClIO/c1-5-2-8(10)7(9)3-6(5)4-11/h2-3,11H,4H2,1H3. The average molecular weight is 283 g/mol. The predicted molar refractivity (Wildman–Crippen MR) is 54.8 cm³/mol. The summed E-state index contributed by atoms with van der Waals surface area (Å²) < 4.78 is 1.03. The Morgan fingerprint density at radius 3 is 2.73 bits per heavy atom. The van der Waals surface area contributed by atoms with Crippen molar-refractivity contribution in [3.05, 3.63) is 31.9 Å². The Balaban J connectivity index is 3.21. The number of hydrogen-bond donors (Lipinski definition) is 1. The maximum absolute atomic E-state index is 8.87. The maximum atomic E-state index is 8.87. The van der Waals surface area contributed by atoms with E-state index in [0.717, 1.165) is 14.7 Å². The van der Waals surface area contributed by atoms with E-state index in [9.17, 15) is 0 Å². The lowest BCUT2D eigenvalue weighted by atomic mass is 10.1. The highest BCUT2D eigenvalue weighted by Crippen LogP contribution is 2.22. The molecule has 1 aromatic carbocycles. The van der Waals surface area contributed by atoms with Crippen molar-refractivity contribution in [2.75, 3.05) is 0 Å². The van der Waals surface area contributed by atoms with Gasteiger partial charge in [0.2, 0.25) is 0 Å². The van der Waals surface area contributed by atoms with Crippen LogP contribution in [0.25, 0.3) is 0 Å². The fourth-order valence-corrected chi connectivity index (χ4v) is 1.67. The SMILES string of the molecule is Cc1cc(I)c(Cl)cc1CO. The smallest absolute Gasteiger partial charge is 0.0684 e. The molecule has 0 bridgehead atoms. The van der Waals surface area contributed by atoms with E-state index in [1.165, 1.54) is 0 Å². The molecule has 0 radical (unpaired) electrons. The van der Waals surface area contributed by atoms with E-state index in [1.54, 1.807) is 6.07 Å². The van der Waals surface area contributed by atoms with E-state index in [4.69, 9.17) is 16.7 Å². The molecule has 0 saturated heterocycles. The highest BCUT2D eigenvalue weighted by atomic mass is 127. The molecule has 0 fully saturated rings. The molecule has 1 rings (SSSR count). The molecular formula is C8H8ClIO. The van der Waals surface area contributed by atoms with Crippen LogP contribution < -0.4 is 0 Å². The van der Waals surface area contributed by atoms with Crippen LogP contribution in [0.4, 0.5) is 0 Å². The van der Waals surface area contributed by atoms with Crippen LogP contribution in [0, 0.1) is 10.5 Å². The van der Waals surface area contributed by atoms with Crippen LogP contribution in [-0.2, 0) is 6.61 Å². The Kier molecular flexibility index (Phi) is 3.16. The highest BCUT2D eigenvalue weighted by molar-refractivity contribution is 14.1. The Bertz CT molecular complexity index is 273. The lowest BCUT2D eigenvalue weighted by Gasteiger charge is -2.03. The summed E-state index contributed by atoms with van der Waals surface area (Å²) in [6.07, 6.45) is 0. The first-order valence-corrected chi connectivity index (χ1v) is 4.66. The van der Waals surface area contributed by atoms with Crippen molar-refractivity contribution in [1.29, 1.82) is 0 Å². The van der Waals surface area contributed by atoms with Crippen molar-refractivity contribution in [3.63, 3.8) is 0 Å². The number of rotatable bonds is 1. The first-order valence-electron chi connectivity index (χ1n) is 3.20. The molecule has 1 N–H and O–H groups in total. The molecule has 0 atom stereocenters. The molecule has 0 unspecified atom stereocenters. The molecule has 60 valence electrons. The minimum absolute atomic E-state index is 0.0580. The molecule has 3 heteroatoms. The summed E-state index contributed by atoms with van der Waals surface area (Å²) in [5.74, 6) is 0. The van der Waals surface area contributed by atoms with Crippen LogP contribution in [0.3, 0.4) is 0 Å². The van der Waals surface area contributed by atoms with Gasteiger partial charge < -0.3 is 5.11 Å². The lowest BCUT2D eigenvalue weighted by Crippen LogP contribution is -1.89. The Morgan fingerprint density at radius 1 is 1.55 bits per heavy atom. The van der Waals surface area contributed by atoms with Gasteiger partial charge in [-0.3, -0.25) is 0 Å². The summed E-state index contributed by atoms with van der Waals surface area (Å²) in [5.41, 5.74) is 1.98. The first kappa shape index (κ1) is 9.29. The van der Waals surface area contributed by atoms with Crippen LogP contribution in [0.1, 0.15) is 11.1 Å². The van der Waals surface area contributed by atoms with Crippen molar-refractivity contribution >= 4 is 34.2 Å². The molecule has 1 nitrogen and oxygen atoms in total. The zero-order valence-corrected chi connectivity index (χ0v) is 8.98. The summed E-state index contributed by atoms with van der Waals surface area (Å²) in [5, 5.41) is 9.58. The summed E-state index contributed by atoms with van der Waals surface area (Å²) >= 11 is 8.02. The van der Waals surface area contributed by atoms with Crippen molar-refractivity contribution in [2.24, 2.45) is 0 Å². The quantitative estimate of drug-likeness (QED) is 0.785. The number of halogens is 2. The van der Waals surface area contributed by atoms with Gasteiger partial charge in [0.15, 0.2) is 0 Å². The third-order valence-corrected chi connectivity index (χ3v) is 3.07. The van der Waals surface area contributed by atoms with E-state index in [1.807, 2.05) is 13.0 Å². The van der Waals surface area contributed by atoms with Gasteiger partial charge in [0.05, 0.1) is 11.6 Å². The lowest BCUT2D eigenvalue weighted by molar-refractivity contribution is 0.281. The van der Waals surface area contributed by atoms with Gasteiger partial charge in [0, 0.05) is 3.57 Å². The molecule has 0 amide bonds. The average Bonchev–Trinajstić information content (AvgIpc) is 1.97. The maximum Gasteiger partial charge on any atom is 0.0684 e. The summed E-state index contributed by atoms with van der Waals surface area (Å²) in [6, 6.07) is 3.77. The molecule has 0 heterocycles. The molecule has 0 aromatic heterocycles.